The number of carbonyl (C=O) groups excluding carboxylic acids is 1. The van der Waals surface area contributed by atoms with Gasteiger partial charge < -0.3 is 10.2 Å². The van der Waals surface area contributed by atoms with Crippen LogP contribution in [0.4, 0.5) is 0 Å². The first-order valence-corrected chi connectivity index (χ1v) is 6.73. The summed E-state index contributed by atoms with van der Waals surface area (Å²) in [5, 5.41) is 19.8. The summed E-state index contributed by atoms with van der Waals surface area (Å²) in [4.78, 5) is 15.8. The molecule has 2 N–H and O–H groups in total. The summed E-state index contributed by atoms with van der Waals surface area (Å²) in [7, 11) is 0. The molecular formula is C15H11Cl2NO3. The van der Waals surface area contributed by atoms with Gasteiger partial charge in [-0.15, -0.1) is 0 Å². The number of phenolic OH excluding ortho intramolecular Hbond substituents is 2. The molecule has 0 aliphatic rings. The zero-order valence-corrected chi connectivity index (χ0v) is 12.3. The van der Waals surface area contributed by atoms with Crippen LogP contribution in [-0.4, -0.2) is 28.8 Å². The summed E-state index contributed by atoms with van der Waals surface area (Å²) in [5.41, 5.74) is 0.514. The zero-order valence-electron chi connectivity index (χ0n) is 10.8. The predicted molar refractivity (Wildman–Crippen MR) is 83.0 cm³/mol. The normalized spacial score (nSPS) is 11.0. The zero-order chi connectivity index (χ0) is 15.4. The van der Waals surface area contributed by atoms with E-state index in [-0.39, 0.29) is 34.4 Å². The van der Waals surface area contributed by atoms with E-state index in [1.165, 1.54) is 30.5 Å². The van der Waals surface area contributed by atoms with Gasteiger partial charge in [0.25, 0.3) is 0 Å². The van der Waals surface area contributed by atoms with Gasteiger partial charge in [0, 0.05) is 16.8 Å². The Bertz CT molecular complexity index is 714. The molecule has 0 saturated carbocycles. The Balaban J connectivity index is 2.13. The van der Waals surface area contributed by atoms with Crippen molar-refractivity contribution in [3.05, 3.63) is 57.6 Å². The molecule has 6 heteroatoms. The van der Waals surface area contributed by atoms with E-state index in [0.717, 1.165) is 0 Å². The van der Waals surface area contributed by atoms with Gasteiger partial charge in [-0.2, -0.15) is 0 Å². The smallest absolute Gasteiger partial charge is 0.187 e. The average molecular weight is 324 g/mol. The summed E-state index contributed by atoms with van der Waals surface area (Å²) in [6.07, 6.45) is 1.31. The monoisotopic (exact) mass is 323 g/mol. The van der Waals surface area contributed by atoms with Crippen molar-refractivity contribution in [2.45, 2.75) is 0 Å². The fraction of sp³-hybridized carbons (Fsp3) is 0.0667. The lowest BCUT2D eigenvalue weighted by Crippen LogP contribution is -2.03. The van der Waals surface area contributed by atoms with Crippen molar-refractivity contribution < 1.29 is 15.0 Å². The van der Waals surface area contributed by atoms with Gasteiger partial charge in [0.15, 0.2) is 5.78 Å². The average Bonchev–Trinajstić information content (AvgIpc) is 2.44. The highest BCUT2D eigenvalue weighted by Gasteiger charge is 2.10. The number of para-hydroxylation sites is 1. The topological polar surface area (TPSA) is 69.9 Å². The third-order valence-electron chi connectivity index (χ3n) is 2.73. The Hall–Kier alpha value is -2.04. The van der Waals surface area contributed by atoms with Gasteiger partial charge in [-0.3, -0.25) is 9.79 Å². The molecule has 0 bridgehead atoms. The molecule has 0 heterocycles. The summed E-state index contributed by atoms with van der Waals surface area (Å²) in [5.74, 6) is -0.580. The molecule has 0 atom stereocenters. The number of hydrogen-bond donors (Lipinski definition) is 2. The predicted octanol–water partition coefficient (Wildman–Crippen LogP) is 3.71. The third-order valence-corrected chi connectivity index (χ3v) is 3.23. The standard InChI is InChI=1S/C15H11Cl2NO3/c16-10-5-9(15(21)12(17)6-10)7-18-8-14(20)11-3-1-2-4-13(11)19/h1-7,19,21H,8H2. The molecule has 0 fully saturated rings. The Morgan fingerprint density at radius 3 is 2.62 bits per heavy atom. The second-order valence-electron chi connectivity index (χ2n) is 4.24. The summed E-state index contributed by atoms with van der Waals surface area (Å²) in [6, 6.07) is 9.11. The molecular weight excluding hydrogens is 313 g/mol. The molecule has 0 radical (unpaired) electrons. The highest BCUT2D eigenvalue weighted by molar-refractivity contribution is 6.36. The van der Waals surface area contributed by atoms with Crippen LogP contribution in [0.5, 0.6) is 11.5 Å². The van der Waals surface area contributed by atoms with Gasteiger partial charge in [-0.05, 0) is 24.3 Å². The molecule has 2 aromatic rings. The van der Waals surface area contributed by atoms with Crippen molar-refractivity contribution in [3.8, 4) is 11.5 Å². The van der Waals surface area contributed by atoms with Crippen molar-refractivity contribution in [3.63, 3.8) is 0 Å². The number of phenols is 2. The number of Topliss-reactive ketones (excluding diaryl/α,β-unsaturated/α-hetero) is 1. The van der Waals surface area contributed by atoms with Gasteiger partial charge in [0.2, 0.25) is 0 Å². The van der Waals surface area contributed by atoms with Crippen molar-refractivity contribution in [2.24, 2.45) is 4.99 Å². The second kappa shape index (κ2) is 6.61. The molecule has 2 aromatic carbocycles. The number of halogens is 2. The fourth-order valence-corrected chi connectivity index (χ4v) is 2.21. The Morgan fingerprint density at radius 1 is 1.19 bits per heavy atom. The number of hydrogen-bond acceptors (Lipinski definition) is 4. The molecule has 0 aromatic heterocycles. The van der Waals surface area contributed by atoms with Gasteiger partial charge in [0.1, 0.15) is 18.0 Å². The minimum Gasteiger partial charge on any atom is -0.507 e. The number of ketones is 1. The van der Waals surface area contributed by atoms with Crippen LogP contribution in [0.3, 0.4) is 0 Å². The SMILES string of the molecule is O=C(CN=Cc1cc(Cl)cc(Cl)c1O)c1ccccc1O. The van der Waals surface area contributed by atoms with E-state index in [9.17, 15) is 15.0 Å². The molecule has 0 saturated heterocycles. The van der Waals surface area contributed by atoms with Crippen LogP contribution in [-0.2, 0) is 0 Å². The lowest BCUT2D eigenvalue weighted by Gasteiger charge is -2.03. The molecule has 0 aliphatic heterocycles. The van der Waals surface area contributed by atoms with Crippen LogP contribution in [0.15, 0.2) is 41.4 Å². The van der Waals surface area contributed by atoms with E-state index in [2.05, 4.69) is 4.99 Å². The number of benzene rings is 2. The molecule has 108 valence electrons. The van der Waals surface area contributed by atoms with Crippen molar-refractivity contribution >= 4 is 35.2 Å². The van der Waals surface area contributed by atoms with Crippen LogP contribution < -0.4 is 0 Å². The van der Waals surface area contributed by atoms with Crippen molar-refractivity contribution in [2.75, 3.05) is 6.54 Å². The maximum atomic E-state index is 11.9. The fourth-order valence-electron chi connectivity index (χ4n) is 1.71. The van der Waals surface area contributed by atoms with Crippen LogP contribution in [0.2, 0.25) is 10.0 Å². The second-order valence-corrected chi connectivity index (χ2v) is 5.08. The maximum Gasteiger partial charge on any atom is 0.187 e. The third kappa shape index (κ3) is 3.74. The van der Waals surface area contributed by atoms with E-state index in [1.54, 1.807) is 12.1 Å². The lowest BCUT2D eigenvalue weighted by atomic mass is 10.1. The highest BCUT2D eigenvalue weighted by atomic mass is 35.5. The largest absolute Gasteiger partial charge is 0.507 e. The van der Waals surface area contributed by atoms with Crippen molar-refractivity contribution in [1.29, 1.82) is 0 Å². The number of nitrogens with zero attached hydrogens (tertiary/aromatic N) is 1. The number of rotatable bonds is 4. The molecule has 0 amide bonds. The molecule has 4 nitrogen and oxygen atoms in total. The maximum absolute atomic E-state index is 11.9. The van der Waals surface area contributed by atoms with E-state index in [4.69, 9.17) is 23.2 Å². The Labute approximate surface area is 131 Å². The molecule has 21 heavy (non-hydrogen) atoms. The molecule has 2 rings (SSSR count). The van der Waals surface area contributed by atoms with Crippen LogP contribution in [0, 0.1) is 0 Å². The molecule has 0 unspecified atom stereocenters. The van der Waals surface area contributed by atoms with E-state index >= 15 is 0 Å². The Kier molecular flexibility index (Phi) is 4.83. The van der Waals surface area contributed by atoms with Crippen LogP contribution in [0.25, 0.3) is 0 Å². The van der Waals surface area contributed by atoms with E-state index in [0.29, 0.717) is 10.6 Å². The van der Waals surface area contributed by atoms with Gasteiger partial charge in [-0.25, -0.2) is 0 Å². The number of aliphatic imine (C=N–C) groups is 1. The first kappa shape index (κ1) is 15.4. The summed E-state index contributed by atoms with van der Waals surface area (Å²) >= 11 is 11.6. The summed E-state index contributed by atoms with van der Waals surface area (Å²) < 4.78 is 0. The molecule has 0 aliphatic carbocycles. The minimum atomic E-state index is -0.336. The summed E-state index contributed by atoms with van der Waals surface area (Å²) in [6.45, 7) is -0.166. The first-order valence-electron chi connectivity index (χ1n) is 5.98. The minimum absolute atomic E-state index is 0.0913. The van der Waals surface area contributed by atoms with Crippen LogP contribution >= 0.6 is 23.2 Å². The molecule has 0 spiro atoms. The van der Waals surface area contributed by atoms with E-state index < -0.39 is 0 Å². The quantitative estimate of drug-likeness (QED) is 0.665. The van der Waals surface area contributed by atoms with Crippen molar-refractivity contribution in [1.82, 2.24) is 0 Å². The number of aromatic hydroxyl groups is 2. The van der Waals surface area contributed by atoms with Gasteiger partial charge in [0.05, 0.1) is 10.6 Å². The Morgan fingerprint density at radius 2 is 1.90 bits per heavy atom. The van der Waals surface area contributed by atoms with Gasteiger partial charge >= 0.3 is 0 Å². The highest BCUT2D eigenvalue weighted by Crippen LogP contribution is 2.30. The van der Waals surface area contributed by atoms with Gasteiger partial charge in [-0.1, -0.05) is 35.3 Å². The van der Waals surface area contributed by atoms with E-state index in [1.807, 2.05) is 0 Å². The lowest BCUT2D eigenvalue weighted by molar-refractivity contribution is 0.0999. The first-order chi connectivity index (χ1) is 9.99. The number of carbonyl (C=O) groups is 1. The van der Waals surface area contributed by atoms with Crippen LogP contribution in [0.1, 0.15) is 15.9 Å².